The first kappa shape index (κ1) is 13.7. The predicted octanol–water partition coefficient (Wildman–Crippen LogP) is 2.13. The van der Waals surface area contributed by atoms with Crippen LogP contribution in [0.2, 0.25) is 0 Å². The van der Waals surface area contributed by atoms with E-state index in [2.05, 4.69) is 0 Å². The minimum atomic E-state index is -0.773. The molecule has 5 nitrogen and oxygen atoms in total. The van der Waals surface area contributed by atoms with E-state index in [1.54, 1.807) is 6.92 Å². The standard InChI is InChI=1S/C14H19NO4/c1-9(14(16)17)7-15(3)10(2)11-4-5-12-13(6-11)19-8-18-12/h4-6,9-10H,7-8H2,1-3H3,(H,16,17). The van der Waals surface area contributed by atoms with Crippen molar-refractivity contribution in [3.63, 3.8) is 0 Å². The lowest BCUT2D eigenvalue weighted by Crippen LogP contribution is -2.30. The zero-order valence-electron chi connectivity index (χ0n) is 11.4. The molecule has 0 bridgehead atoms. The van der Waals surface area contributed by atoms with Crippen molar-refractivity contribution in [2.75, 3.05) is 20.4 Å². The van der Waals surface area contributed by atoms with Gasteiger partial charge in [0, 0.05) is 12.6 Å². The van der Waals surface area contributed by atoms with Crippen molar-refractivity contribution in [1.29, 1.82) is 0 Å². The van der Waals surface area contributed by atoms with Crippen molar-refractivity contribution in [3.05, 3.63) is 23.8 Å². The Labute approximate surface area is 112 Å². The van der Waals surface area contributed by atoms with Gasteiger partial charge >= 0.3 is 5.97 Å². The fourth-order valence-electron chi connectivity index (χ4n) is 2.10. The molecule has 1 heterocycles. The molecule has 0 saturated carbocycles. The molecule has 0 aliphatic carbocycles. The lowest BCUT2D eigenvalue weighted by Gasteiger charge is -2.26. The van der Waals surface area contributed by atoms with Gasteiger partial charge in [-0.3, -0.25) is 9.69 Å². The van der Waals surface area contributed by atoms with Crippen LogP contribution >= 0.6 is 0 Å². The summed E-state index contributed by atoms with van der Waals surface area (Å²) in [5.74, 6) is 0.354. The lowest BCUT2D eigenvalue weighted by atomic mass is 10.0. The van der Waals surface area contributed by atoms with Gasteiger partial charge < -0.3 is 14.6 Å². The van der Waals surface area contributed by atoms with Gasteiger partial charge in [0.15, 0.2) is 11.5 Å². The highest BCUT2D eigenvalue weighted by molar-refractivity contribution is 5.69. The first-order chi connectivity index (χ1) is 8.99. The highest BCUT2D eigenvalue weighted by Crippen LogP contribution is 2.35. The van der Waals surface area contributed by atoms with Gasteiger partial charge in [-0.25, -0.2) is 0 Å². The normalized spacial score (nSPS) is 16.4. The number of benzene rings is 1. The molecule has 0 spiro atoms. The van der Waals surface area contributed by atoms with Crippen LogP contribution in [0.5, 0.6) is 11.5 Å². The summed E-state index contributed by atoms with van der Waals surface area (Å²) >= 11 is 0. The van der Waals surface area contributed by atoms with Crippen LogP contribution in [0.3, 0.4) is 0 Å². The molecule has 0 saturated heterocycles. The van der Waals surface area contributed by atoms with E-state index in [0.29, 0.717) is 6.54 Å². The smallest absolute Gasteiger partial charge is 0.307 e. The largest absolute Gasteiger partial charge is 0.481 e. The minimum Gasteiger partial charge on any atom is -0.481 e. The van der Waals surface area contributed by atoms with E-state index in [1.165, 1.54) is 0 Å². The summed E-state index contributed by atoms with van der Waals surface area (Å²) in [5.41, 5.74) is 1.09. The topological polar surface area (TPSA) is 59.0 Å². The fourth-order valence-corrected chi connectivity index (χ4v) is 2.10. The second-order valence-corrected chi connectivity index (χ2v) is 4.97. The van der Waals surface area contributed by atoms with E-state index < -0.39 is 5.97 Å². The molecular weight excluding hydrogens is 246 g/mol. The van der Waals surface area contributed by atoms with Crippen molar-refractivity contribution in [2.45, 2.75) is 19.9 Å². The Bertz CT molecular complexity index is 475. The van der Waals surface area contributed by atoms with Gasteiger partial charge in [0.1, 0.15) is 0 Å². The number of aliphatic carboxylic acids is 1. The van der Waals surface area contributed by atoms with Crippen LogP contribution in [-0.2, 0) is 4.79 Å². The third-order valence-corrected chi connectivity index (χ3v) is 3.52. The van der Waals surface area contributed by atoms with Crippen molar-refractivity contribution < 1.29 is 19.4 Å². The quantitative estimate of drug-likeness (QED) is 0.883. The Morgan fingerprint density at radius 2 is 2.05 bits per heavy atom. The maximum absolute atomic E-state index is 10.9. The molecule has 0 amide bonds. The third-order valence-electron chi connectivity index (χ3n) is 3.52. The fraction of sp³-hybridized carbons (Fsp3) is 0.500. The van der Waals surface area contributed by atoms with Crippen molar-refractivity contribution in [3.8, 4) is 11.5 Å². The first-order valence-electron chi connectivity index (χ1n) is 6.31. The van der Waals surface area contributed by atoms with Crippen LogP contribution in [0.25, 0.3) is 0 Å². The molecule has 0 fully saturated rings. The van der Waals surface area contributed by atoms with E-state index in [0.717, 1.165) is 17.1 Å². The van der Waals surface area contributed by atoms with Crippen LogP contribution in [0.15, 0.2) is 18.2 Å². The summed E-state index contributed by atoms with van der Waals surface area (Å²) in [6, 6.07) is 5.95. The van der Waals surface area contributed by atoms with Crippen LogP contribution in [0.1, 0.15) is 25.5 Å². The maximum Gasteiger partial charge on any atom is 0.307 e. The average Bonchev–Trinajstić information content (AvgIpc) is 2.84. The molecule has 2 atom stereocenters. The molecular formula is C14H19NO4. The zero-order valence-corrected chi connectivity index (χ0v) is 11.4. The summed E-state index contributed by atoms with van der Waals surface area (Å²) < 4.78 is 10.6. The highest BCUT2D eigenvalue weighted by Gasteiger charge is 2.20. The summed E-state index contributed by atoms with van der Waals surface area (Å²) in [5, 5.41) is 8.95. The summed E-state index contributed by atoms with van der Waals surface area (Å²) in [6.07, 6.45) is 0. The number of fused-ring (bicyclic) bond motifs is 1. The van der Waals surface area contributed by atoms with Crippen molar-refractivity contribution in [1.82, 2.24) is 4.90 Å². The van der Waals surface area contributed by atoms with Gasteiger partial charge in [-0.1, -0.05) is 13.0 Å². The van der Waals surface area contributed by atoms with Crippen LogP contribution in [0, 0.1) is 5.92 Å². The SMILES string of the molecule is CC(CN(C)C(C)c1ccc2c(c1)OCO2)C(=O)O. The number of ether oxygens (including phenoxy) is 2. The zero-order chi connectivity index (χ0) is 14.0. The Morgan fingerprint density at radius 1 is 1.37 bits per heavy atom. The molecule has 1 aromatic carbocycles. The number of rotatable bonds is 5. The van der Waals surface area contributed by atoms with E-state index >= 15 is 0 Å². The van der Waals surface area contributed by atoms with E-state index in [-0.39, 0.29) is 18.8 Å². The Hall–Kier alpha value is -1.75. The van der Waals surface area contributed by atoms with E-state index in [1.807, 2.05) is 37.1 Å². The highest BCUT2D eigenvalue weighted by atomic mass is 16.7. The molecule has 0 aromatic heterocycles. The van der Waals surface area contributed by atoms with Gasteiger partial charge in [0.25, 0.3) is 0 Å². The second-order valence-electron chi connectivity index (χ2n) is 4.97. The number of carboxylic acid groups (broad SMARTS) is 1. The summed E-state index contributed by atoms with van der Waals surface area (Å²) in [7, 11) is 1.93. The molecule has 2 rings (SSSR count). The van der Waals surface area contributed by atoms with Crippen LogP contribution in [-0.4, -0.2) is 36.4 Å². The predicted molar refractivity (Wildman–Crippen MR) is 70.4 cm³/mol. The lowest BCUT2D eigenvalue weighted by molar-refractivity contribution is -0.141. The number of carboxylic acids is 1. The minimum absolute atomic E-state index is 0.122. The van der Waals surface area contributed by atoms with Gasteiger partial charge in [0.05, 0.1) is 5.92 Å². The maximum atomic E-state index is 10.9. The Balaban J connectivity index is 2.06. The Morgan fingerprint density at radius 3 is 2.74 bits per heavy atom. The molecule has 1 N–H and O–H groups in total. The average molecular weight is 265 g/mol. The first-order valence-corrected chi connectivity index (χ1v) is 6.31. The number of hydrogen-bond acceptors (Lipinski definition) is 4. The third kappa shape index (κ3) is 2.98. The Kier molecular flexibility index (Phi) is 3.95. The molecule has 2 unspecified atom stereocenters. The molecule has 1 aromatic rings. The molecule has 0 radical (unpaired) electrons. The van der Waals surface area contributed by atoms with Gasteiger partial charge in [-0.05, 0) is 31.7 Å². The summed E-state index contributed by atoms with van der Waals surface area (Å²) in [6.45, 7) is 4.53. The monoisotopic (exact) mass is 265 g/mol. The molecule has 104 valence electrons. The summed E-state index contributed by atoms with van der Waals surface area (Å²) in [4.78, 5) is 12.9. The van der Waals surface area contributed by atoms with Crippen LogP contribution < -0.4 is 9.47 Å². The van der Waals surface area contributed by atoms with Gasteiger partial charge in [-0.2, -0.15) is 0 Å². The van der Waals surface area contributed by atoms with E-state index in [4.69, 9.17) is 14.6 Å². The second kappa shape index (κ2) is 5.48. The van der Waals surface area contributed by atoms with Crippen LogP contribution in [0.4, 0.5) is 0 Å². The van der Waals surface area contributed by atoms with Crippen molar-refractivity contribution in [2.24, 2.45) is 5.92 Å². The molecule has 1 aliphatic rings. The number of nitrogens with zero attached hydrogens (tertiary/aromatic N) is 1. The molecule has 1 aliphatic heterocycles. The number of hydrogen-bond donors (Lipinski definition) is 1. The molecule has 19 heavy (non-hydrogen) atoms. The molecule has 5 heteroatoms. The number of carbonyl (C=O) groups is 1. The van der Waals surface area contributed by atoms with Gasteiger partial charge in [-0.15, -0.1) is 0 Å². The van der Waals surface area contributed by atoms with Gasteiger partial charge in [0.2, 0.25) is 6.79 Å². The van der Waals surface area contributed by atoms with E-state index in [9.17, 15) is 4.79 Å². The van der Waals surface area contributed by atoms with Crippen molar-refractivity contribution >= 4 is 5.97 Å².